The average molecular weight is 285 g/mol. The van der Waals surface area contributed by atoms with Gasteiger partial charge in [-0.05, 0) is 25.8 Å². The minimum Gasteiger partial charge on any atom is -0.354 e. The number of piperazine rings is 1. The molecule has 2 aliphatic heterocycles. The lowest BCUT2D eigenvalue weighted by atomic mass is 9.99. The van der Waals surface area contributed by atoms with Crippen molar-refractivity contribution in [2.24, 2.45) is 0 Å². The predicted octanol–water partition coefficient (Wildman–Crippen LogP) is 1.97. The highest BCUT2D eigenvalue weighted by Crippen LogP contribution is 2.25. The third-order valence-corrected chi connectivity index (χ3v) is 4.92. The number of aromatic nitrogens is 3. The summed E-state index contributed by atoms with van der Waals surface area (Å²) in [7, 11) is 0. The van der Waals surface area contributed by atoms with Crippen LogP contribution >= 0.6 is 0 Å². The van der Waals surface area contributed by atoms with Gasteiger partial charge < -0.3 is 4.90 Å². The second-order valence-electron chi connectivity index (χ2n) is 6.19. The van der Waals surface area contributed by atoms with Crippen LogP contribution in [0.1, 0.15) is 31.9 Å². The Morgan fingerprint density at radius 1 is 1.24 bits per heavy atom. The molecule has 0 bridgehead atoms. The van der Waals surface area contributed by atoms with E-state index in [4.69, 9.17) is 0 Å². The van der Waals surface area contributed by atoms with Gasteiger partial charge in [-0.15, -0.1) is 0 Å². The number of anilines is 1. The topological polar surface area (TPSA) is 36.7 Å². The van der Waals surface area contributed by atoms with Crippen molar-refractivity contribution in [3.05, 3.63) is 24.0 Å². The van der Waals surface area contributed by atoms with Crippen LogP contribution in [0.15, 0.2) is 18.3 Å². The number of nitrogens with zero attached hydrogens (tertiary/aromatic N) is 5. The maximum Gasteiger partial charge on any atom is 0.157 e. The Morgan fingerprint density at radius 2 is 2.19 bits per heavy atom. The van der Waals surface area contributed by atoms with Crippen molar-refractivity contribution in [2.45, 2.75) is 38.6 Å². The Hall–Kier alpha value is -1.62. The molecule has 0 unspecified atom stereocenters. The summed E-state index contributed by atoms with van der Waals surface area (Å²) >= 11 is 0. The largest absolute Gasteiger partial charge is 0.354 e. The van der Waals surface area contributed by atoms with Crippen LogP contribution in [0, 0.1) is 0 Å². The molecule has 0 amide bonds. The first kappa shape index (κ1) is 13.1. The highest BCUT2D eigenvalue weighted by atomic mass is 15.4. The third-order valence-electron chi connectivity index (χ3n) is 4.92. The van der Waals surface area contributed by atoms with Crippen molar-refractivity contribution >= 4 is 11.5 Å². The van der Waals surface area contributed by atoms with Crippen molar-refractivity contribution in [1.29, 1.82) is 0 Å². The lowest BCUT2D eigenvalue weighted by molar-refractivity contribution is 0.133. The van der Waals surface area contributed by atoms with E-state index in [0.717, 1.165) is 36.9 Å². The van der Waals surface area contributed by atoms with E-state index in [2.05, 4.69) is 32.9 Å². The summed E-state index contributed by atoms with van der Waals surface area (Å²) in [6.45, 7) is 6.85. The SMILES string of the molecule is CCc1cc(N2CCN3CCCC[C@H]3C2)n2nccc2n1. The minimum atomic E-state index is 0.719. The molecule has 2 aromatic rings. The third kappa shape index (κ3) is 2.29. The molecule has 1 atom stereocenters. The fourth-order valence-corrected chi connectivity index (χ4v) is 3.72. The van der Waals surface area contributed by atoms with Gasteiger partial charge in [-0.25, -0.2) is 4.98 Å². The Labute approximate surface area is 125 Å². The summed E-state index contributed by atoms with van der Waals surface area (Å²) in [5.41, 5.74) is 2.12. The summed E-state index contributed by atoms with van der Waals surface area (Å²) in [6, 6.07) is 4.94. The lowest BCUT2D eigenvalue weighted by Crippen LogP contribution is -2.55. The van der Waals surface area contributed by atoms with E-state index in [-0.39, 0.29) is 0 Å². The van der Waals surface area contributed by atoms with Crippen LogP contribution in [-0.2, 0) is 6.42 Å². The molecule has 4 heterocycles. The summed E-state index contributed by atoms with van der Waals surface area (Å²) in [6.07, 6.45) is 6.91. The molecule has 0 aliphatic carbocycles. The quantitative estimate of drug-likeness (QED) is 0.845. The molecule has 2 saturated heterocycles. The van der Waals surface area contributed by atoms with Gasteiger partial charge in [-0.1, -0.05) is 13.3 Å². The number of fused-ring (bicyclic) bond motifs is 2. The van der Waals surface area contributed by atoms with Crippen molar-refractivity contribution in [3.63, 3.8) is 0 Å². The molecule has 112 valence electrons. The Morgan fingerprint density at radius 3 is 3.10 bits per heavy atom. The molecule has 0 radical (unpaired) electrons. The highest BCUT2D eigenvalue weighted by Gasteiger charge is 2.30. The van der Waals surface area contributed by atoms with Crippen molar-refractivity contribution in [1.82, 2.24) is 19.5 Å². The van der Waals surface area contributed by atoms with Crippen LogP contribution in [0.2, 0.25) is 0 Å². The fourth-order valence-electron chi connectivity index (χ4n) is 3.72. The van der Waals surface area contributed by atoms with E-state index >= 15 is 0 Å². The van der Waals surface area contributed by atoms with Gasteiger partial charge in [0.15, 0.2) is 5.65 Å². The molecule has 0 N–H and O–H groups in total. The summed E-state index contributed by atoms with van der Waals surface area (Å²) < 4.78 is 2.00. The molecule has 2 fully saturated rings. The summed E-state index contributed by atoms with van der Waals surface area (Å²) in [5.74, 6) is 1.21. The molecular weight excluding hydrogens is 262 g/mol. The first-order valence-electron chi connectivity index (χ1n) is 8.18. The molecule has 2 aliphatic rings. The van der Waals surface area contributed by atoms with Crippen LogP contribution in [0.3, 0.4) is 0 Å². The molecule has 2 aromatic heterocycles. The Kier molecular flexibility index (Phi) is 3.30. The molecule has 21 heavy (non-hydrogen) atoms. The fraction of sp³-hybridized carbons (Fsp3) is 0.625. The van der Waals surface area contributed by atoms with Gasteiger partial charge in [0, 0.05) is 43.5 Å². The summed E-state index contributed by atoms with van der Waals surface area (Å²) in [5, 5.41) is 4.47. The lowest BCUT2D eigenvalue weighted by Gasteiger charge is -2.44. The van der Waals surface area contributed by atoms with E-state index in [9.17, 15) is 0 Å². The maximum absolute atomic E-state index is 4.65. The Balaban J connectivity index is 1.67. The second kappa shape index (κ2) is 5.30. The molecule has 5 nitrogen and oxygen atoms in total. The monoisotopic (exact) mass is 285 g/mol. The van der Waals surface area contributed by atoms with Crippen molar-refractivity contribution in [3.8, 4) is 0 Å². The van der Waals surface area contributed by atoms with Gasteiger partial charge in [0.05, 0.1) is 6.20 Å². The van der Waals surface area contributed by atoms with Gasteiger partial charge in [0.25, 0.3) is 0 Å². The normalized spacial score (nSPS) is 23.5. The Bertz CT molecular complexity index is 635. The van der Waals surface area contributed by atoms with E-state index in [0.29, 0.717) is 0 Å². The molecule has 0 spiro atoms. The molecule has 0 saturated carbocycles. The van der Waals surface area contributed by atoms with Crippen LogP contribution < -0.4 is 4.90 Å². The molecular formula is C16H23N5. The van der Waals surface area contributed by atoms with E-state index in [1.807, 2.05) is 16.8 Å². The zero-order chi connectivity index (χ0) is 14.2. The smallest absolute Gasteiger partial charge is 0.157 e. The zero-order valence-corrected chi connectivity index (χ0v) is 12.7. The highest BCUT2D eigenvalue weighted by molar-refractivity contribution is 5.51. The molecule has 5 heteroatoms. The van der Waals surface area contributed by atoms with E-state index < -0.39 is 0 Å². The predicted molar refractivity (Wildman–Crippen MR) is 83.8 cm³/mol. The average Bonchev–Trinajstić information content (AvgIpc) is 3.01. The van der Waals surface area contributed by atoms with Gasteiger partial charge in [-0.3, -0.25) is 4.90 Å². The maximum atomic E-state index is 4.65. The summed E-state index contributed by atoms with van der Waals surface area (Å²) in [4.78, 5) is 9.83. The second-order valence-corrected chi connectivity index (χ2v) is 6.19. The molecule has 4 rings (SSSR count). The van der Waals surface area contributed by atoms with Crippen molar-refractivity contribution in [2.75, 3.05) is 31.1 Å². The first-order chi connectivity index (χ1) is 10.3. The number of hydrogen-bond donors (Lipinski definition) is 0. The number of hydrogen-bond acceptors (Lipinski definition) is 4. The number of aryl methyl sites for hydroxylation is 1. The van der Waals surface area contributed by atoms with Crippen LogP contribution in [0.25, 0.3) is 5.65 Å². The van der Waals surface area contributed by atoms with Gasteiger partial charge in [0.2, 0.25) is 0 Å². The van der Waals surface area contributed by atoms with Crippen LogP contribution in [-0.4, -0.2) is 51.7 Å². The van der Waals surface area contributed by atoms with Gasteiger partial charge in [0.1, 0.15) is 5.82 Å². The van der Waals surface area contributed by atoms with E-state index in [1.54, 1.807) is 0 Å². The minimum absolute atomic E-state index is 0.719. The number of piperidine rings is 1. The van der Waals surface area contributed by atoms with Crippen LogP contribution in [0.5, 0.6) is 0 Å². The van der Waals surface area contributed by atoms with Crippen LogP contribution in [0.4, 0.5) is 5.82 Å². The van der Waals surface area contributed by atoms with E-state index in [1.165, 1.54) is 38.2 Å². The zero-order valence-electron chi connectivity index (χ0n) is 12.7. The standard InChI is InChI=1S/C16H23N5/c1-2-13-11-16(21-15(18-13)6-7-17-21)20-10-9-19-8-4-3-5-14(19)12-20/h6-7,11,14H,2-5,8-10,12H2,1H3/t14-/m0/s1. The van der Waals surface area contributed by atoms with Gasteiger partial charge >= 0.3 is 0 Å². The number of rotatable bonds is 2. The van der Waals surface area contributed by atoms with Gasteiger partial charge in [-0.2, -0.15) is 9.61 Å². The van der Waals surface area contributed by atoms with Crippen molar-refractivity contribution < 1.29 is 0 Å². The first-order valence-corrected chi connectivity index (χ1v) is 8.18. The molecule has 0 aromatic carbocycles.